The van der Waals surface area contributed by atoms with Crippen molar-refractivity contribution >= 4 is 59.5 Å². The topological polar surface area (TPSA) is 221 Å². The highest BCUT2D eigenvalue weighted by Crippen LogP contribution is 2.35. The number of carbonyl (C=O) groups excluding carboxylic acids is 1. The number of aromatic nitrogens is 2. The van der Waals surface area contributed by atoms with Crippen LogP contribution in [-0.4, -0.2) is 87.8 Å². The number of hydrogen-bond donors (Lipinski definition) is 1. The third-order valence-electron chi connectivity index (χ3n) is 6.01. The molecule has 2 aromatic carbocycles. The second-order valence-electron chi connectivity index (χ2n) is 10.5. The van der Waals surface area contributed by atoms with Crippen molar-refractivity contribution in [1.82, 2.24) is 4.57 Å². The van der Waals surface area contributed by atoms with E-state index >= 15 is 0 Å². The van der Waals surface area contributed by atoms with E-state index in [1.165, 1.54) is 11.6 Å². The Balaban J connectivity index is 0.000000546. The summed E-state index contributed by atoms with van der Waals surface area (Å²) in [5.74, 6) is -0.0755. The standard InChI is InChI=1S/C26H28N5O3S.2CH4O4S/c1-6-30-21-9-7-8-10-23(21)35-26(30)19-15-20(25(34)29(2)24(19)33)28-27-18-13-11-17(12-14-18)22(32)16-31(3,4)5;2*1-5-6(2,3)4/h7-15H,6,16H2,1-5H3;2*1H3,(H,2,3,4)/q+1;;/p-1. The molecule has 0 unspecified atom stereocenters. The molecule has 0 aliphatic rings. The van der Waals surface area contributed by atoms with Crippen molar-refractivity contribution < 1.29 is 53.3 Å². The highest BCUT2D eigenvalue weighted by atomic mass is 32.3. The number of azo groups is 1. The molecule has 4 rings (SSSR count). The highest BCUT2D eigenvalue weighted by molar-refractivity contribution is 7.81. The van der Waals surface area contributed by atoms with Gasteiger partial charge in [-0.05, 0) is 43.3 Å². The van der Waals surface area contributed by atoms with E-state index in [1.54, 1.807) is 41.7 Å². The second-order valence-corrected chi connectivity index (χ2v) is 13.8. The van der Waals surface area contributed by atoms with Gasteiger partial charge < -0.3 is 18.7 Å². The molecule has 0 bridgehead atoms. The van der Waals surface area contributed by atoms with Crippen molar-refractivity contribution in [3.63, 3.8) is 0 Å². The van der Waals surface area contributed by atoms with Gasteiger partial charge in [0.2, 0.25) is 38.0 Å². The van der Waals surface area contributed by atoms with Crippen LogP contribution in [0.15, 0.2) is 69.6 Å². The zero-order chi connectivity index (χ0) is 35.7. The fourth-order valence-corrected chi connectivity index (χ4v) is 5.07. The number of Topliss-reactive ketones (excluding diaryl/α,β-unsaturated/α-hetero) is 1. The number of benzene rings is 2. The van der Waals surface area contributed by atoms with Crippen LogP contribution in [0.1, 0.15) is 17.3 Å². The number of aromatic hydroxyl groups is 1. The lowest BCUT2D eigenvalue weighted by atomic mass is 10.1. The number of hydrogen-bond acceptors (Lipinski definition) is 14. The number of fused-ring (bicyclic) bond motifs is 1. The van der Waals surface area contributed by atoms with Gasteiger partial charge in [0.15, 0.2) is 5.69 Å². The minimum Gasteiger partial charge on any atom is -0.726 e. The van der Waals surface area contributed by atoms with Crippen molar-refractivity contribution in [2.24, 2.45) is 17.3 Å². The zero-order valence-electron chi connectivity index (χ0n) is 26.6. The normalized spacial score (nSPS) is 11.9. The maximum atomic E-state index is 12.8. The molecule has 4 aromatic rings. The fraction of sp³-hybridized carbons (Fsp3) is 0.321. The largest absolute Gasteiger partial charge is 0.726 e. The number of aryl methyl sites for hydroxylation is 1. The van der Waals surface area contributed by atoms with Gasteiger partial charge in [-0.15, -0.1) is 5.11 Å². The molecular formula is C28H35N5O11S3. The van der Waals surface area contributed by atoms with Crippen molar-refractivity contribution in [1.29, 1.82) is 0 Å². The summed E-state index contributed by atoms with van der Waals surface area (Å²) >= 11 is 1.54. The summed E-state index contributed by atoms with van der Waals surface area (Å²) in [4.78, 5) is 25.2. The number of nitrogens with zero attached hydrogens (tertiary/aromatic N) is 5. The molecule has 0 amide bonds. The van der Waals surface area contributed by atoms with Crippen molar-refractivity contribution in [2.45, 2.75) is 13.5 Å². The maximum absolute atomic E-state index is 12.8. The summed E-state index contributed by atoms with van der Waals surface area (Å²) in [6.45, 7) is 3.14. The first-order valence-corrected chi connectivity index (χ1v) is 16.9. The Morgan fingerprint density at radius 3 is 2.00 bits per heavy atom. The Hall–Kier alpha value is -3.95. The molecule has 2 aromatic heterocycles. The molecule has 0 fully saturated rings. The average Bonchev–Trinajstić information content (AvgIpc) is 3.37. The van der Waals surface area contributed by atoms with Crippen LogP contribution in [-0.2, 0) is 42.8 Å². The van der Waals surface area contributed by atoms with Gasteiger partial charge in [0.25, 0.3) is 10.6 Å². The summed E-state index contributed by atoms with van der Waals surface area (Å²) < 4.78 is 67.0. The molecule has 16 nitrogen and oxygen atoms in total. The number of thiazole rings is 1. The molecule has 256 valence electrons. The van der Waals surface area contributed by atoms with Gasteiger partial charge >= 0.3 is 0 Å². The lowest BCUT2D eigenvalue weighted by molar-refractivity contribution is -0.861. The van der Waals surface area contributed by atoms with E-state index in [1.807, 2.05) is 52.3 Å². The van der Waals surface area contributed by atoms with E-state index in [9.17, 15) is 40.6 Å². The highest BCUT2D eigenvalue weighted by Gasteiger charge is 2.26. The van der Waals surface area contributed by atoms with Crippen LogP contribution in [0.3, 0.4) is 0 Å². The van der Waals surface area contributed by atoms with Gasteiger partial charge in [-0.25, -0.2) is 16.8 Å². The van der Waals surface area contributed by atoms with E-state index < -0.39 is 26.4 Å². The molecule has 0 saturated carbocycles. The number of likely N-dealkylation sites (N-methyl/N-ethyl adjacent to an activating group) is 1. The molecule has 0 aliphatic heterocycles. The molecule has 0 spiro atoms. The number of pyridine rings is 1. The number of rotatable bonds is 9. The van der Waals surface area contributed by atoms with Crippen molar-refractivity contribution in [2.75, 3.05) is 41.9 Å². The maximum Gasteiger partial charge on any atom is 0.280 e. The van der Waals surface area contributed by atoms with Gasteiger partial charge in [0, 0.05) is 18.7 Å². The van der Waals surface area contributed by atoms with Gasteiger partial charge in [-0.3, -0.25) is 22.5 Å². The minimum atomic E-state index is -4.41. The van der Waals surface area contributed by atoms with Crippen LogP contribution in [0.25, 0.3) is 20.8 Å². The quantitative estimate of drug-likeness (QED) is 0.0663. The van der Waals surface area contributed by atoms with Crippen LogP contribution in [0.5, 0.6) is 5.88 Å². The van der Waals surface area contributed by atoms with E-state index in [0.29, 0.717) is 34.4 Å². The fourth-order valence-electron chi connectivity index (χ4n) is 3.84. The monoisotopic (exact) mass is 713 g/mol. The average molecular weight is 714 g/mol. The number of para-hydroxylation sites is 1. The third kappa shape index (κ3) is 12.0. The molecule has 0 radical (unpaired) electrons. The SMILES string of the molecule is CC[n+]1c(-c2cc(N=Nc3ccc(C(=O)C[N+](C)(C)C)cc3)c(=O)n(C)c2O)sc2ccccc21.COS(=O)(=O)[O-].COS(=O)(=O)[O-]. The molecule has 0 atom stereocenters. The number of ketones is 1. The third-order valence-corrected chi connectivity index (χ3v) is 8.02. The van der Waals surface area contributed by atoms with Gasteiger partial charge in [0.05, 0.1) is 41.0 Å². The Morgan fingerprint density at radius 1 is 0.979 bits per heavy atom. The first-order valence-electron chi connectivity index (χ1n) is 13.4. The van der Waals surface area contributed by atoms with E-state index in [2.05, 4.69) is 23.2 Å². The van der Waals surface area contributed by atoms with Gasteiger partial charge in [-0.2, -0.15) is 9.68 Å². The summed E-state index contributed by atoms with van der Waals surface area (Å²) in [6, 6.07) is 16.4. The van der Waals surface area contributed by atoms with Gasteiger partial charge in [0.1, 0.15) is 23.4 Å². The van der Waals surface area contributed by atoms with E-state index in [4.69, 9.17) is 0 Å². The molecule has 1 N–H and O–H groups in total. The Bertz CT molecular complexity index is 1980. The number of carbonyl (C=O) groups is 1. The number of quaternary nitrogens is 1. The predicted molar refractivity (Wildman–Crippen MR) is 171 cm³/mol. The van der Waals surface area contributed by atoms with E-state index in [-0.39, 0.29) is 17.4 Å². The van der Waals surface area contributed by atoms with Crippen LogP contribution in [0.4, 0.5) is 11.4 Å². The second kappa shape index (κ2) is 16.2. The Labute approximate surface area is 276 Å². The van der Waals surface area contributed by atoms with Crippen molar-refractivity contribution in [3.05, 3.63) is 70.5 Å². The zero-order valence-corrected chi connectivity index (χ0v) is 29.1. The van der Waals surface area contributed by atoms with Gasteiger partial charge in [-0.1, -0.05) is 23.5 Å². The van der Waals surface area contributed by atoms with E-state index in [0.717, 1.165) is 29.4 Å². The van der Waals surface area contributed by atoms with Crippen molar-refractivity contribution in [3.8, 4) is 16.5 Å². The minimum absolute atomic E-state index is 0.0468. The first-order chi connectivity index (χ1) is 21.7. The summed E-state index contributed by atoms with van der Waals surface area (Å²) in [7, 11) is 0.201. The molecule has 47 heavy (non-hydrogen) atoms. The smallest absolute Gasteiger partial charge is 0.280 e. The molecular weight excluding hydrogens is 679 g/mol. The summed E-state index contributed by atoms with van der Waals surface area (Å²) in [6.07, 6.45) is 0. The molecule has 0 aliphatic carbocycles. The van der Waals surface area contributed by atoms with Crippen LogP contribution >= 0.6 is 11.3 Å². The van der Waals surface area contributed by atoms with Crippen LogP contribution in [0.2, 0.25) is 0 Å². The van der Waals surface area contributed by atoms with Crippen LogP contribution < -0.4 is 10.1 Å². The Kier molecular flexibility index (Phi) is 13.6. The molecule has 0 saturated heterocycles. The summed E-state index contributed by atoms with van der Waals surface area (Å²) in [5, 5.41) is 20.0. The van der Waals surface area contributed by atoms with Crippen LogP contribution in [0, 0.1) is 0 Å². The Morgan fingerprint density at radius 2 is 1.51 bits per heavy atom. The predicted octanol–water partition coefficient (Wildman–Crippen LogP) is 2.77. The molecule has 19 heteroatoms. The lowest BCUT2D eigenvalue weighted by Gasteiger charge is -2.22. The summed E-state index contributed by atoms with van der Waals surface area (Å²) in [5.41, 5.74) is 2.37. The first kappa shape index (κ1) is 39.2. The lowest BCUT2D eigenvalue weighted by Crippen LogP contribution is -2.39. The molecule has 2 heterocycles.